The lowest BCUT2D eigenvalue weighted by molar-refractivity contribution is 0.0681. The molecule has 3 rings (SSSR count). The first-order chi connectivity index (χ1) is 14.9. The van der Waals surface area contributed by atoms with Crippen LogP contribution in [-0.4, -0.2) is 50.0 Å². The third kappa shape index (κ3) is 6.47. The Kier molecular flexibility index (Phi) is 7.96. The van der Waals surface area contributed by atoms with Gasteiger partial charge in [-0.15, -0.1) is 0 Å². The summed E-state index contributed by atoms with van der Waals surface area (Å²) in [5.74, 6) is 1.46. The van der Waals surface area contributed by atoms with Gasteiger partial charge in [0.05, 0.1) is 24.7 Å². The van der Waals surface area contributed by atoms with E-state index in [1.165, 1.54) is 0 Å². The minimum absolute atomic E-state index is 0.00806. The second-order valence-corrected chi connectivity index (χ2v) is 10.1. The number of nitrogens with zero attached hydrogens (tertiary/aromatic N) is 1. The van der Waals surface area contributed by atoms with Gasteiger partial charge in [-0.2, -0.15) is 0 Å². The Morgan fingerprint density at radius 1 is 0.935 bits per heavy atom. The smallest absolute Gasteiger partial charge is 0.254 e. The molecule has 0 aromatic heterocycles. The highest BCUT2D eigenvalue weighted by Crippen LogP contribution is 2.24. The van der Waals surface area contributed by atoms with Crippen molar-refractivity contribution in [3.05, 3.63) is 59.7 Å². The molecule has 1 saturated heterocycles. The van der Waals surface area contributed by atoms with Crippen molar-refractivity contribution in [2.24, 2.45) is 0 Å². The first kappa shape index (κ1) is 23.1. The Hall–Kier alpha value is -2.54. The average Bonchev–Trinajstić information content (AvgIpc) is 3.14. The highest BCUT2D eigenvalue weighted by Gasteiger charge is 2.35. The molecular formula is C24H31NO5S. The molecular weight excluding hydrogens is 414 g/mol. The van der Waals surface area contributed by atoms with Crippen LogP contribution in [0.5, 0.6) is 11.5 Å². The van der Waals surface area contributed by atoms with E-state index in [4.69, 9.17) is 9.47 Å². The molecule has 0 radical (unpaired) electrons. The molecule has 2 aromatic carbocycles. The topological polar surface area (TPSA) is 72.9 Å². The van der Waals surface area contributed by atoms with Gasteiger partial charge in [-0.05, 0) is 61.2 Å². The first-order valence-electron chi connectivity index (χ1n) is 10.9. The van der Waals surface area contributed by atoms with Crippen LogP contribution in [-0.2, 0) is 16.4 Å². The number of ether oxygens (including phenoxy) is 2. The Morgan fingerprint density at radius 3 is 1.97 bits per heavy atom. The third-order valence-corrected chi connectivity index (χ3v) is 6.98. The van der Waals surface area contributed by atoms with Crippen molar-refractivity contribution in [2.75, 3.05) is 24.7 Å². The molecule has 0 bridgehead atoms. The van der Waals surface area contributed by atoms with Crippen molar-refractivity contribution in [2.45, 2.75) is 45.7 Å². The van der Waals surface area contributed by atoms with Gasteiger partial charge in [-0.3, -0.25) is 4.79 Å². The number of hydrogen-bond donors (Lipinski definition) is 0. The van der Waals surface area contributed by atoms with E-state index < -0.39 is 9.84 Å². The summed E-state index contributed by atoms with van der Waals surface area (Å²) in [6.45, 7) is 5.71. The summed E-state index contributed by atoms with van der Waals surface area (Å²) in [6.07, 6.45) is 2.30. The van der Waals surface area contributed by atoms with Crippen LogP contribution in [0.15, 0.2) is 48.5 Å². The number of benzene rings is 2. The van der Waals surface area contributed by atoms with Gasteiger partial charge in [0, 0.05) is 18.2 Å². The van der Waals surface area contributed by atoms with Crippen molar-refractivity contribution in [1.29, 1.82) is 0 Å². The summed E-state index contributed by atoms with van der Waals surface area (Å²) in [6, 6.07) is 14.4. The normalized spacial score (nSPS) is 17.3. The highest BCUT2D eigenvalue weighted by molar-refractivity contribution is 7.91. The van der Waals surface area contributed by atoms with E-state index in [1.54, 1.807) is 29.2 Å². The Labute approximate surface area is 185 Å². The molecule has 0 N–H and O–H groups in total. The van der Waals surface area contributed by atoms with E-state index in [1.807, 2.05) is 31.2 Å². The summed E-state index contributed by atoms with van der Waals surface area (Å²) in [7, 11) is -3.12. The van der Waals surface area contributed by atoms with E-state index in [2.05, 4.69) is 6.92 Å². The van der Waals surface area contributed by atoms with Crippen molar-refractivity contribution >= 4 is 15.7 Å². The fraction of sp³-hybridized carbons (Fsp3) is 0.458. The lowest BCUT2D eigenvalue weighted by Crippen LogP contribution is -2.40. The number of sulfone groups is 1. The average molecular weight is 446 g/mol. The maximum absolute atomic E-state index is 13.3. The molecule has 168 valence electrons. The van der Waals surface area contributed by atoms with Gasteiger partial charge in [0.25, 0.3) is 5.91 Å². The largest absolute Gasteiger partial charge is 0.494 e. The molecule has 2 aromatic rings. The van der Waals surface area contributed by atoms with Gasteiger partial charge in [0.1, 0.15) is 11.5 Å². The molecule has 1 aliphatic heterocycles. The predicted molar refractivity (Wildman–Crippen MR) is 121 cm³/mol. The highest BCUT2D eigenvalue weighted by atomic mass is 32.2. The molecule has 7 heteroatoms. The second-order valence-electron chi connectivity index (χ2n) is 7.86. The third-order valence-electron chi connectivity index (χ3n) is 5.23. The van der Waals surface area contributed by atoms with E-state index in [0.717, 1.165) is 29.9 Å². The molecule has 1 fully saturated rings. The Morgan fingerprint density at radius 2 is 1.48 bits per heavy atom. The van der Waals surface area contributed by atoms with Crippen LogP contribution in [0.25, 0.3) is 0 Å². The molecule has 1 unspecified atom stereocenters. The quantitative estimate of drug-likeness (QED) is 0.551. The van der Waals surface area contributed by atoms with Crippen molar-refractivity contribution in [3.8, 4) is 11.5 Å². The fourth-order valence-electron chi connectivity index (χ4n) is 3.58. The molecule has 1 heterocycles. The standard InChI is InChI=1S/C24H31NO5S/c1-3-14-29-22-9-5-19(6-10-22)17-25(21-13-16-31(27,28)18-21)24(26)20-7-11-23(12-8-20)30-15-4-2/h5-12,21H,3-4,13-18H2,1-2H3. The summed E-state index contributed by atoms with van der Waals surface area (Å²) in [4.78, 5) is 15.0. The van der Waals surface area contributed by atoms with Gasteiger partial charge < -0.3 is 14.4 Å². The van der Waals surface area contributed by atoms with E-state index in [0.29, 0.717) is 31.7 Å². The molecule has 0 saturated carbocycles. The zero-order chi connectivity index (χ0) is 22.3. The van der Waals surface area contributed by atoms with Crippen LogP contribution >= 0.6 is 0 Å². The molecule has 0 spiro atoms. The predicted octanol–water partition coefficient (Wildman–Crippen LogP) is 4.09. The van der Waals surface area contributed by atoms with Crippen LogP contribution in [0.4, 0.5) is 0 Å². The number of carbonyl (C=O) groups excluding carboxylic acids is 1. The van der Waals surface area contributed by atoms with Gasteiger partial charge in [0.15, 0.2) is 9.84 Å². The van der Waals surface area contributed by atoms with Crippen LogP contribution in [0.3, 0.4) is 0 Å². The van der Waals surface area contributed by atoms with Crippen LogP contribution in [0.1, 0.15) is 49.0 Å². The zero-order valence-electron chi connectivity index (χ0n) is 18.2. The summed E-state index contributed by atoms with van der Waals surface area (Å²) >= 11 is 0. The van der Waals surface area contributed by atoms with Gasteiger partial charge in [-0.1, -0.05) is 26.0 Å². The Bertz CT molecular complexity index is 954. The molecule has 31 heavy (non-hydrogen) atoms. The monoisotopic (exact) mass is 445 g/mol. The molecule has 6 nitrogen and oxygen atoms in total. The minimum Gasteiger partial charge on any atom is -0.494 e. The van der Waals surface area contributed by atoms with Gasteiger partial charge >= 0.3 is 0 Å². The number of rotatable bonds is 10. The van der Waals surface area contributed by atoms with Crippen molar-refractivity contribution in [1.82, 2.24) is 4.90 Å². The molecule has 0 aliphatic carbocycles. The molecule has 1 atom stereocenters. The lowest BCUT2D eigenvalue weighted by atomic mass is 10.1. The maximum Gasteiger partial charge on any atom is 0.254 e. The number of hydrogen-bond acceptors (Lipinski definition) is 5. The van der Waals surface area contributed by atoms with Crippen molar-refractivity contribution < 1.29 is 22.7 Å². The van der Waals surface area contributed by atoms with Crippen LogP contribution in [0.2, 0.25) is 0 Å². The number of amides is 1. The molecule has 1 amide bonds. The SMILES string of the molecule is CCCOc1ccc(CN(C(=O)c2ccc(OCCC)cc2)C2CCS(=O)(=O)C2)cc1. The van der Waals surface area contributed by atoms with Gasteiger partial charge in [-0.25, -0.2) is 8.42 Å². The van der Waals surface area contributed by atoms with E-state index >= 15 is 0 Å². The van der Waals surface area contributed by atoms with Gasteiger partial charge in [0.2, 0.25) is 0 Å². The molecule has 1 aliphatic rings. The summed E-state index contributed by atoms with van der Waals surface area (Å²) in [5, 5.41) is 0. The zero-order valence-corrected chi connectivity index (χ0v) is 19.1. The van der Waals surface area contributed by atoms with E-state index in [9.17, 15) is 13.2 Å². The van der Waals surface area contributed by atoms with Crippen LogP contribution in [0, 0.1) is 0 Å². The fourth-order valence-corrected chi connectivity index (χ4v) is 5.31. The minimum atomic E-state index is -3.12. The van der Waals surface area contributed by atoms with Crippen LogP contribution < -0.4 is 9.47 Å². The number of carbonyl (C=O) groups is 1. The summed E-state index contributed by atoms with van der Waals surface area (Å²) < 4.78 is 35.4. The second kappa shape index (κ2) is 10.7. The summed E-state index contributed by atoms with van der Waals surface area (Å²) in [5.41, 5.74) is 1.46. The van der Waals surface area contributed by atoms with E-state index in [-0.39, 0.29) is 23.5 Å². The Balaban J connectivity index is 1.78. The lowest BCUT2D eigenvalue weighted by Gasteiger charge is -2.28. The maximum atomic E-state index is 13.3. The van der Waals surface area contributed by atoms with Crippen molar-refractivity contribution in [3.63, 3.8) is 0 Å². The first-order valence-corrected chi connectivity index (χ1v) is 12.7.